The van der Waals surface area contributed by atoms with E-state index in [4.69, 9.17) is 9.84 Å². The Bertz CT molecular complexity index is 1840. The minimum Gasteiger partial charge on any atom is -0.488 e. The first-order valence-electron chi connectivity index (χ1n) is 15.8. The Kier molecular flexibility index (Phi) is 11.9. The second-order valence-corrected chi connectivity index (χ2v) is 12.8. The first kappa shape index (κ1) is 35.6. The van der Waals surface area contributed by atoms with Crippen LogP contribution in [0.5, 0.6) is 5.75 Å². The largest absolute Gasteiger partial charge is 0.488 e. The number of nitrogens with zero attached hydrogens (tertiary/aromatic N) is 4. The van der Waals surface area contributed by atoms with E-state index >= 15 is 0 Å². The van der Waals surface area contributed by atoms with Crippen LogP contribution in [0.3, 0.4) is 0 Å². The Morgan fingerprint density at radius 3 is 2.23 bits per heavy atom. The van der Waals surface area contributed by atoms with Gasteiger partial charge in [0, 0.05) is 28.5 Å². The molecule has 2 heterocycles. The smallest absolute Gasteiger partial charge is 0.324 e. The van der Waals surface area contributed by atoms with Gasteiger partial charge in [0.05, 0.1) is 23.6 Å². The molecule has 0 unspecified atom stereocenters. The van der Waals surface area contributed by atoms with E-state index < -0.39 is 0 Å². The SMILES string of the molecule is CNC.Cc1ccc(-n2nc(C(C)(C)C)cc2NC(=O)Nc2ccc(OCc3ccnc(NC(=O)CN(C)C)c3)c3ccccc23)cc1. The second kappa shape index (κ2) is 16.0. The molecule has 0 aliphatic heterocycles. The van der Waals surface area contributed by atoms with Gasteiger partial charge < -0.3 is 25.6 Å². The van der Waals surface area contributed by atoms with E-state index in [0.29, 0.717) is 23.1 Å². The summed E-state index contributed by atoms with van der Waals surface area (Å²) in [7, 11) is 7.42. The quantitative estimate of drug-likeness (QED) is 0.142. The summed E-state index contributed by atoms with van der Waals surface area (Å²) in [6.07, 6.45) is 1.64. The van der Waals surface area contributed by atoms with Gasteiger partial charge in [-0.05, 0) is 77.1 Å². The average molecular weight is 651 g/mol. The van der Waals surface area contributed by atoms with Gasteiger partial charge in [-0.2, -0.15) is 5.10 Å². The van der Waals surface area contributed by atoms with Crippen molar-refractivity contribution in [1.82, 2.24) is 25.0 Å². The van der Waals surface area contributed by atoms with Gasteiger partial charge in [0.15, 0.2) is 0 Å². The van der Waals surface area contributed by atoms with E-state index in [-0.39, 0.29) is 30.5 Å². The van der Waals surface area contributed by atoms with Crippen molar-refractivity contribution < 1.29 is 14.3 Å². The molecule has 4 N–H and O–H groups in total. The molecule has 0 aliphatic carbocycles. The van der Waals surface area contributed by atoms with Crippen molar-refractivity contribution in [2.45, 2.75) is 39.7 Å². The van der Waals surface area contributed by atoms with E-state index in [1.807, 2.05) is 108 Å². The summed E-state index contributed by atoms with van der Waals surface area (Å²) in [6.45, 7) is 8.84. The van der Waals surface area contributed by atoms with E-state index in [1.165, 1.54) is 0 Å². The first-order chi connectivity index (χ1) is 22.9. The molecule has 11 nitrogen and oxygen atoms in total. The number of urea groups is 1. The summed E-state index contributed by atoms with van der Waals surface area (Å²) in [5.74, 6) is 1.56. The fourth-order valence-corrected chi connectivity index (χ4v) is 4.76. The summed E-state index contributed by atoms with van der Waals surface area (Å²) in [5, 5.41) is 18.1. The lowest BCUT2D eigenvalue weighted by atomic mass is 9.92. The van der Waals surface area contributed by atoms with Gasteiger partial charge in [-0.3, -0.25) is 10.1 Å². The molecule has 0 atom stereocenters. The summed E-state index contributed by atoms with van der Waals surface area (Å²) >= 11 is 0. The Morgan fingerprint density at radius 1 is 0.875 bits per heavy atom. The topological polar surface area (TPSA) is 125 Å². The molecule has 48 heavy (non-hydrogen) atoms. The van der Waals surface area contributed by atoms with Crippen LogP contribution in [0.25, 0.3) is 16.5 Å². The van der Waals surface area contributed by atoms with Crippen molar-refractivity contribution in [3.63, 3.8) is 0 Å². The Morgan fingerprint density at radius 2 is 1.56 bits per heavy atom. The summed E-state index contributed by atoms with van der Waals surface area (Å²) < 4.78 is 7.96. The number of ether oxygens (including phenoxy) is 1. The third-order valence-corrected chi connectivity index (χ3v) is 7.08. The number of anilines is 3. The van der Waals surface area contributed by atoms with Crippen LogP contribution in [0.2, 0.25) is 0 Å². The summed E-state index contributed by atoms with van der Waals surface area (Å²) in [4.78, 5) is 31.5. The number of aryl methyl sites for hydroxylation is 1. The molecular weight excluding hydrogens is 604 g/mol. The maximum atomic E-state index is 13.4. The fraction of sp³-hybridized carbons (Fsp3) is 0.297. The number of hydrogen-bond donors (Lipinski definition) is 4. The third-order valence-electron chi connectivity index (χ3n) is 7.08. The molecule has 0 bridgehead atoms. The maximum Gasteiger partial charge on any atom is 0.324 e. The molecule has 0 spiro atoms. The van der Waals surface area contributed by atoms with Gasteiger partial charge in [-0.1, -0.05) is 62.7 Å². The molecule has 0 radical (unpaired) electrons. The highest BCUT2D eigenvalue weighted by Gasteiger charge is 2.22. The molecule has 2 aromatic heterocycles. The monoisotopic (exact) mass is 650 g/mol. The number of amides is 3. The van der Waals surface area contributed by atoms with Gasteiger partial charge in [0.1, 0.15) is 24.0 Å². The van der Waals surface area contributed by atoms with Crippen molar-refractivity contribution in [1.29, 1.82) is 0 Å². The van der Waals surface area contributed by atoms with Crippen LogP contribution in [0, 0.1) is 6.92 Å². The van der Waals surface area contributed by atoms with Crippen LogP contribution in [-0.2, 0) is 16.8 Å². The fourth-order valence-electron chi connectivity index (χ4n) is 4.76. The van der Waals surface area contributed by atoms with Gasteiger partial charge in [-0.15, -0.1) is 0 Å². The summed E-state index contributed by atoms with van der Waals surface area (Å²) in [6, 6.07) is 24.6. The number of fused-ring (bicyclic) bond motifs is 1. The predicted molar refractivity (Wildman–Crippen MR) is 194 cm³/mol. The molecule has 5 rings (SSSR count). The number of hydrogen-bond acceptors (Lipinski definition) is 7. The lowest BCUT2D eigenvalue weighted by molar-refractivity contribution is -0.116. The highest BCUT2D eigenvalue weighted by molar-refractivity contribution is 6.07. The molecule has 3 amide bonds. The van der Waals surface area contributed by atoms with Crippen molar-refractivity contribution in [3.8, 4) is 11.4 Å². The Labute approximate surface area is 282 Å². The van der Waals surface area contributed by atoms with Crippen LogP contribution < -0.4 is 26.0 Å². The molecule has 0 aliphatic rings. The van der Waals surface area contributed by atoms with E-state index in [0.717, 1.165) is 33.3 Å². The van der Waals surface area contributed by atoms with Gasteiger partial charge in [0.2, 0.25) is 5.91 Å². The Hall–Kier alpha value is -5.26. The van der Waals surface area contributed by atoms with Gasteiger partial charge in [0.25, 0.3) is 0 Å². The number of carbonyl (C=O) groups is 2. The zero-order chi connectivity index (χ0) is 34.8. The van der Waals surface area contributed by atoms with Crippen molar-refractivity contribution in [2.24, 2.45) is 0 Å². The zero-order valence-corrected chi connectivity index (χ0v) is 29.0. The van der Waals surface area contributed by atoms with Crippen LogP contribution in [0.1, 0.15) is 37.6 Å². The highest BCUT2D eigenvalue weighted by Crippen LogP contribution is 2.33. The third kappa shape index (κ3) is 9.63. The molecular formula is C37H46N8O3. The number of likely N-dealkylation sites (N-methyl/N-ethyl adjacent to an activating group) is 1. The van der Waals surface area contributed by atoms with Gasteiger partial charge in [-0.25, -0.2) is 14.5 Å². The average Bonchev–Trinajstić information content (AvgIpc) is 3.45. The highest BCUT2D eigenvalue weighted by atomic mass is 16.5. The van der Waals surface area contributed by atoms with Crippen molar-refractivity contribution >= 4 is 40.0 Å². The molecule has 11 heteroatoms. The van der Waals surface area contributed by atoms with E-state index in [1.54, 1.807) is 21.8 Å². The minimum absolute atomic E-state index is 0.141. The number of pyridine rings is 1. The minimum atomic E-state index is -0.386. The van der Waals surface area contributed by atoms with Crippen LogP contribution >= 0.6 is 0 Å². The number of nitrogens with one attached hydrogen (secondary N) is 4. The first-order valence-corrected chi connectivity index (χ1v) is 15.8. The molecule has 0 fully saturated rings. The maximum absolute atomic E-state index is 13.4. The molecule has 5 aromatic rings. The number of rotatable bonds is 9. The molecule has 252 valence electrons. The van der Waals surface area contributed by atoms with Crippen molar-refractivity contribution in [2.75, 3.05) is 50.7 Å². The summed E-state index contributed by atoms with van der Waals surface area (Å²) in [5.41, 5.74) is 4.16. The standard InChI is InChI=1S/C35H39N7O3.C2H7N/c1-23-11-13-25(14-12-23)42-32(20-30(40-42)35(2,3)4)39-34(44)37-28-15-16-29(27-10-8-7-9-26(27)28)45-22-24-17-18-36-31(19-24)38-33(43)21-41(5)6;1-3-2/h7-20H,21-22H2,1-6H3,(H,36,38,43)(H2,37,39,44);3H,1-2H3. The predicted octanol–water partition coefficient (Wildman–Crippen LogP) is 6.59. The number of aromatic nitrogens is 3. The van der Waals surface area contributed by atoms with Crippen LogP contribution in [0.15, 0.2) is 85.1 Å². The lowest BCUT2D eigenvalue weighted by Crippen LogP contribution is -2.27. The number of carbonyl (C=O) groups excluding carboxylic acids is 2. The van der Waals surface area contributed by atoms with Gasteiger partial charge >= 0.3 is 6.03 Å². The van der Waals surface area contributed by atoms with E-state index in [9.17, 15) is 9.59 Å². The normalized spacial score (nSPS) is 11.1. The second-order valence-electron chi connectivity index (χ2n) is 12.8. The lowest BCUT2D eigenvalue weighted by Gasteiger charge is -2.15. The number of benzene rings is 3. The van der Waals surface area contributed by atoms with E-state index in [2.05, 4.69) is 47.0 Å². The van der Waals surface area contributed by atoms with Crippen molar-refractivity contribution in [3.05, 3.63) is 102 Å². The molecule has 0 saturated heterocycles. The Balaban J connectivity index is 0.00000167. The zero-order valence-electron chi connectivity index (χ0n) is 29.0. The van der Waals surface area contributed by atoms with Crippen LogP contribution in [0.4, 0.5) is 22.1 Å². The van der Waals surface area contributed by atoms with Crippen LogP contribution in [-0.4, -0.2) is 66.3 Å². The molecule has 0 saturated carbocycles. The molecule has 3 aromatic carbocycles.